The van der Waals surface area contributed by atoms with Crippen molar-refractivity contribution in [3.63, 3.8) is 0 Å². The SMILES string of the molecule is O=C(Cn1cnnn1)Nc1nnc(C2CCCCC2)s1. The molecule has 0 saturated heterocycles. The second-order valence-corrected chi connectivity index (χ2v) is 5.85. The normalized spacial score (nSPS) is 16.2. The van der Waals surface area contributed by atoms with Gasteiger partial charge < -0.3 is 0 Å². The number of carbonyl (C=O) groups is 1. The number of hydrogen-bond donors (Lipinski definition) is 1. The van der Waals surface area contributed by atoms with Crippen LogP contribution < -0.4 is 5.32 Å². The highest BCUT2D eigenvalue weighted by Crippen LogP contribution is 2.35. The van der Waals surface area contributed by atoms with Gasteiger partial charge in [-0.3, -0.25) is 10.1 Å². The van der Waals surface area contributed by atoms with Crippen molar-refractivity contribution >= 4 is 22.4 Å². The molecule has 3 rings (SSSR count). The van der Waals surface area contributed by atoms with Crippen molar-refractivity contribution in [1.82, 2.24) is 30.4 Å². The van der Waals surface area contributed by atoms with Crippen LogP contribution in [0.4, 0.5) is 5.13 Å². The van der Waals surface area contributed by atoms with Crippen molar-refractivity contribution in [3.05, 3.63) is 11.3 Å². The van der Waals surface area contributed by atoms with Crippen molar-refractivity contribution in [1.29, 1.82) is 0 Å². The lowest BCUT2D eigenvalue weighted by atomic mass is 9.90. The minimum atomic E-state index is -0.205. The van der Waals surface area contributed by atoms with Crippen molar-refractivity contribution in [3.8, 4) is 0 Å². The summed E-state index contributed by atoms with van der Waals surface area (Å²) >= 11 is 1.47. The van der Waals surface area contributed by atoms with Crippen LogP contribution in [0.2, 0.25) is 0 Å². The topological polar surface area (TPSA) is 98.5 Å². The van der Waals surface area contributed by atoms with Crippen molar-refractivity contribution in [2.45, 2.75) is 44.6 Å². The summed E-state index contributed by atoms with van der Waals surface area (Å²) in [7, 11) is 0. The quantitative estimate of drug-likeness (QED) is 0.909. The van der Waals surface area contributed by atoms with E-state index < -0.39 is 0 Å². The number of nitrogens with one attached hydrogen (secondary N) is 1. The maximum atomic E-state index is 11.8. The van der Waals surface area contributed by atoms with Crippen molar-refractivity contribution in [2.75, 3.05) is 5.32 Å². The molecule has 1 fully saturated rings. The molecule has 1 aliphatic carbocycles. The number of tetrazole rings is 1. The average molecular weight is 293 g/mol. The molecule has 0 aromatic carbocycles. The van der Waals surface area contributed by atoms with Crippen LogP contribution in [0.15, 0.2) is 6.33 Å². The average Bonchev–Trinajstić information content (AvgIpc) is 3.11. The standard InChI is InChI=1S/C11H15N7OS/c19-9(6-18-7-12-16-17-18)13-11-15-14-10(20-11)8-4-2-1-3-5-8/h7-8H,1-6H2,(H,13,15,19). The fourth-order valence-electron chi connectivity index (χ4n) is 2.36. The van der Waals surface area contributed by atoms with Crippen LogP contribution in [-0.4, -0.2) is 36.3 Å². The minimum absolute atomic E-state index is 0.0747. The Morgan fingerprint density at radius 2 is 2.20 bits per heavy atom. The monoisotopic (exact) mass is 293 g/mol. The summed E-state index contributed by atoms with van der Waals surface area (Å²) in [5, 5.41) is 23.1. The molecule has 1 amide bonds. The third kappa shape index (κ3) is 3.16. The molecule has 0 radical (unpaired) electrons. The molecule has 0 aliphatic heterocycles. The summed E-state index contributed by atoms with van der Waals surface area (Å²) in [6.07, 6.45) is 7.56. The van der Waals surface area contributed by atoms with E-state index in [1.54, 1.807) is 0 Å². The predicted octanol–water partition coefficient (Wildman–Crippen LogP) is 1.21. The molecule has 9 heteroatoms. The van der Waals surface area contributed by atoms with Gasteiger partial charge >= 0.3 is 0 Å². The van der Waals surface area contributed by atoms with Crippen molar-refractivity contribution < 1.29 is 4.79 Å². The van der Waals surface area contributed by atoms with Gasteiger partial charge in [-0.2, -0.15) is 0 Å². The Hall–Kier alpha value is -1.90. The Bertz CT molecular complexity index is 561. The smallest absolute Gasteiger partial charge is 0.248 e. The zero-order valence-corrected chi connectivity index (χ0v) is 11.7. The summed E-state index contributed by atoms with van der Waals surface area (Å²) in [4.78, 5) is 11.8. The highest BCUT2D eigenvalue weighted by molar-refractivity contribution is 7.15. The fourth-order valence-corrected chi connectivity index (χ4v) is 3.29. The summed E-state index contributed by atoms with van der Waals surface area (Å²) in [5.74, 6) is 0.301. The van der Waals surface area contributed by atoms with Gasteiger partial charge in [0.2, 0.25) is 11.0 Å². The molecule has 20 heavy (non-hydrogen) atoms. The van der Waals surface area contributed by atoms with Crippen LogP contribution in [0.25, 0.3) is 0 Å². The molecule has 8 nitrogen and oxygen atoms in total. The zero-order chi connectivity index (χ0) is 13.8. The Balaban J connectivity index is 1.57. The Kier molecular flexibility index (Phi) is 3.95. The van der Waals surface area contributed by atoms with Gasteiger partial charge in [-0.05, 0) is 23.3 Å². The van der Waals surface area contributed by atoms with Crippen LogP contribution in [-0.2, 0) is 11.3 Å². The first-order chi connectivity index (χ1) is 9.81. The van der Waals surface area contributed by atoms with Gasteiger partial charge in [0.25, 0.3) is 0 Å². The number of nitrogens with zero attached hydrogens (tertiary/aromatic N) is 6. The zero-order valence-electron chi connectivity index (χ0n) is 10.9. The van der Waals surface area contributed by atoms with Crippen LogP contribution >= 0.6 is 11.3 Å². The maximum Gasteiger partial charge on any atom is 0.248 e. The fraction of sp³-hybridized carbons (Fsp3) is 0.636. The van der Waals surface area contributed by atoms with Gasteiger partial charge in [0, 0.05) is 5.92 Å². The maximum absolute atomic E-state index is 11.8. The first-order valence-corrected chi connectivity index (χ1v) is 7.47. The second-order valence-electron chi connectivity index (χ2n) is 4.84. The molecule has 1 saturated carbocycles. The first kappa shape index (κ1) is 13.1. The lowest BCUT2D eigenvalue weighted by molar-refractivity contribution is -0.116. The number of rotatable bonds is 4. The molecule has 0 atom stereocenters. The number of amides is 1. The van der Waals surface area contributed by atoms with Gasteiger partial charge in [-0.15, -0.1) is 15.3 Å². The number of anilines is 1. The summed E-state index contributed by atoms with van der Waals surface area (Å²) in [6, 6.07) is 0. The largest absolute Gasteiger partial charge is 0.299 e. The summed E-state index contributed by atoms with van der Waals surface area (Å²) < 4.78 is 1.36. The lowest BCUT2D eigenvalue weighted by Gasteiger charge is -2.18. The van der Waals surface area contributed by atoms with E-state index in [2.05, 4.69) is 31.0 Å². The van der Waals surface area contributed by atoms with Crippen LogP contribution in [0, 0.1) is 0 Å². The summed E-state index contributed by atoms with van der Waals surface area (Å²) in [6.45, 7) is 0.0747. The molecule has 106 valence electrons. The van der Waals surface area contributed by atoms with Gasteiger partial charge in [0.1, 0.15) is 17.9 Å². The van der Waals surface area contributed by atoms with E-state index in [4.69, 9.17) is 0 Å². The van der Waals surface area contributed by atoms with E-state index in [1.165, 1.54) is 54.5 Å². The minimum Gasteiger partial charge on any atom is -0.299 e. The van der Waals surface area contributed by atoms with E-state index in [0.29, 0.717) is 11.0 Å². The first-order valence-electron chi connectivity index (χ1n) is 6.65. The van der Waals surface area contributed by atoms with Crippen LogP contribution in [0.3, 0.4) is 0 Å². The number of hydrogen-bond acceptors (Lipinski definition) is 7. The van der Waals surface area contributed by atoms with E-state index in [9.17, 15) is 4.79 Å². The highest BCUT2D eigenvalue weighted by Gasteiger charge is 2.20. The van der Waals surface area contributed by atoms with E-state index in [1.807, 2.05) is 0 Å². The van der Waals surface area contributed by atoms with Crippen molar-refractivity contribution in [2.24, 2.45) is 0 Å². The molecular formula is C11H15N7OS. The predicted molar refractivity (Wildman–Crippen MR) is 72.2 cm³/mol. The lowest BCUT2D eigenvalue weighted by Crippen LogP contribution is -2.19. The highest BCUT2D eigenvalue weighted by atomic mass is 32.1. The Labute approximate surface area is 119 Å². The molecule has 0 unspecified atom stereocenters. The van der Waals surface area contributed by atoms with Gasteiger partial charge in [-0.1, -0.05) is 30.6 Å². The molecule has 0 bridgehead atoms. The van der Waals surface area contributed by atoms with Gasteiger partial charge in [0.05, 0.1) is 0 Å². The van der Waals surface area contributed by atoms with Gasteiger partial charge in [-0.25, -0.2) is 4.68 Å². The molecule has 0 spiro atoms. The number of aromatic nitrogens is 6. The third-order valence-corrected chi connectivity index (χ3v) is 4.34. The second kappa shape index (κ2) is 6.04. The molecule has 1 N–H and O–H groups in total. The molecule has 1 aliphatic rings. The Morgan fingerprint density at radius 1 is 1.35 bits per heavy atom. The molecular weight excluding hydrogens is 278 g/mol. The van der Waals surface area contributed by atoms with Crippen LogP contribution in [0.5, 0.6) is 0 Å². The Morgan fingerprint density at radius 3 is 2.95 bits per heavy atom. The number of carbonyl (C=O) groups excluding carboxylic acids is 1. The van der Waals surface area contributed by atoms with Gasteiger partial charge in [0.15, 0.2) is 0 Å². The summed E-state index contributed by atoms with van der Waals surface area (Å²) in [5.41, 5.74) is 0. The van der Waals surface area contributed by atoms with E-state index in [0.717, 1.165) is 5.01 Å². The van der Waals surface area contributed by atoms with Crippen LogP contribution in [0.1, 0.15) is 43.0 Å². The van der Waals surface area contributed by atoms with E-state index in [-0.39, 0.29) is 12.5 Å². The van der Waals surface area contributed by atoms with E-state index >= 15 is 0 Å². The molecule has 2 aromatic rings. The molecule has 2 aromatic heterocycles. The molecule has 2 heterocycles. The third-order valence-electron chi connectivity index (χ3n) is 3.34.